The van der Waals surface area contributed by atoms with Gasteiger partial charge in [-0.25, -0.2) is 4.39 Å². The Bertz CT molecular complexity index is 1670. The highest BCUT2D eigenvalue weighted by molar-refractivity contribution is 6.01. The van der Waals surface area contributed by atoms with Crippen molar-refractivity contribution in [2.45, 2.75) is 87.7 Å². The van der Waals surface area contributed by atoms with Crippen LogP contribution in [0.2, 0.25) is 0 Å². The fourth-order valence-corrected chi connectivity index (χ4v) is 8.76. The monoisotopic (exact) mass is 716 g/mol. The highest BCUT2D eigenvalue weighted by atomic mass is 19.4. The van der Waals surface area contributed by atoms with E-state index in [9.17, 15) is 27.6 Å². The number of rotatable bonds is 9. The number of alkyl halides is 3. The molecule has 3 saturated heterocycles. The number of ether oxygens (including phenoxy) is 2. The summed E-state index contributed by atoms with van der Waals surface area (Å²) in [7, 11) is 1.64. The molecule has 3 amide bonds. The lowest BCUT2D eigenvalue weighted by molar-refractivity contribution is -0.193. The van der Waals surface area contributed by atoms with E-state index >= 15 is 4.39 Å². The fourth-order valence-electron chi connectivity index (χ4n) is 8.76. The van der Waals surface area contributed by atoms with Crippen molar-refractivity contribution in [1.82, 2.24) is 24.9 Å². The quantitative estimate of drug-likeness (QED) is 0.365. The number of aryl methyl sites for hydroxylation is 1. The number of nitrogens with one attached hydrogen (secondary N) is 2. The van der Waals surface area contributed by atoms with Gasteiger partial charge in [0.15, 0.2) is 0 Å². The molecule has 2 aliphatic carbocycles. The molecule has 1 aromatic carbocycles. The third-order valence-electron chi connectivity index (χ3n) is 12.1. The van der Waals surface area contributed by atoms with Crippen molar-refractivity contribution < 1.29 is 41.4 Å². The first-order chi connectivity index (χ1) is 24.4. The average molecular weight is 717 g/mol. The normalized spacial score (nSPS) is 26.0. The van der Waals surface area contributed by atoms with Crippen molar-refractivity contribution in [3.8, 4) is 5.75 Å². The number of likely N-dealkylation sites (tertiary alicyclic amines) is 2. The molecule has 51 heavy (non-hydrogen) atoms. The highest BCUT2D eigenvalue weighted by Gasteiger charge is 2.52. The summed E-state index contributed by atoms with van der Waals surface area (Å²) in [4.78, 5) is 44.3. The number of hydrogen-bond acceptors (Lipinski definition) is 7. The lowest BCUT2D eigenvalue weighted by atomic mass is 9.78. The molecule has 276 valence electrons. The van der Waals surface area contributed by atoms with Crippen LogP contribution in [0.1, 0.15) is 79.9 Å². The maximum atomic E-state index is 16.1. The minimum absolute atomic E-state index is 0.107. The summed E-state index contributed by atoms with van der Waals surface area (Å²) in [6.07, 6.45) is 1.68. The van der Waals surface area contributed by atoms with E-state index in [2.05, 4.69) is 20.6 Å². The summed E-state index contributed by atoms with van der Waals surface area (Å²) >= 11 is 0. The number of carbonyl (C=O) groups is 3. The van der Waals surface area contributed by atoms with Gasteiger partial charge in [-0.3, -0.25) is 24.0 Å². The maximum absolute atomic E-state index is 16.1. The van der Waals surface area contributed by atoms with E-state index in [0.717, 1.165) is 25.7 Å². The third kappa shape index (κ3) is 6.83. The number of hydrogen-bond donors (Lipinski definition) is 2. The molecule has 2 saturated carbocycles. The predicted octanol–water partition coefficient (Wildman–Crippen LogP) is 4.59. The van der Waals surface area contributed by atoms with E-state index in [1.54, 1.807) is 13.1 Å². The molecule has 8 rings (SSSR count). The third-order valence-corrected chi connectivity index (χ3v) is 12.1. The Hall–Kier alpha value is -3.72. The van der Waals surface area contributed by atoms with Crippen LogP contribution in [0.15, 0.2) is 24.4 Å². The van der Waals surface area contributed by atoms with Crippen molar-refractivity contribution in [2.75, 3.05) is 38.2 Å². The molecule has 3 atom stereocenters. The smallest absolute Gasteiger partial charge is 0.393 e. The van der Waals surface area contributed by atoms with Crippen molar-refractivity contribution in [3.63, 3.8) is 0 Å². The van der Waals surface area contributed by atoms with Crippen LogP contribution in [0.3, 0.4) is 0 Å². The van der Waals surface area contributed by atoms with Crippen molar-refractivity contribution in [1.29, 1.82) is 0 Å². The van der Waals surface area contributed by atoms with Crippen molar-refractivity contribution in [3.05, 3.63) is 41.5 Å². The molecule has 2 unspecified atom stereocenters. The Labute approximate surface area is 293 Å². The van der Waals surface area contributed by atoms with E-state index in [-0.39, 0.29) is 54.0 Å². The first kappa shape index (κ1) is 34.4. The van der Waals surface area contributed by atoms with Crippen LogP contribution in [0, 0.1) is 29.5 Å². The van der Waals surface area contributed by atoms with E-state index in [0.29, 0.717) is 50.9 Å². The van der Waals surface area contributed by atoms with E-state index in [1.165, 1.54) is 27.9 Å². The Morgan fingerprint density at radius 2 is 1.76 bits per heavy atom. The van der Waals surface area contributed by atoms with Crippen LogP contribution in [0.5, 0.6) is 5.75 Å². The van der Waals surface area contributed by atoms with Gasteiger partial charge in [0.25, 0.3) is 5.91 Å². The molecule has 11 nitrogen and oxygen atoms in total. The van der Waals surface area contributed by atoms with E-state index < -0.39 is 59.9 Å². The summed E-state index contributed by atoms with van der Waals surface area (Å²) in [6, 6.07) is 2.71. The molecule has 2 aromatic rings. The van der Waals surface area contributed by atoms with Gasteiger partial charge in [-0.1, -0.05) is 0 Å². The Balaban J connectivity index is 1.10. The van der Waals surface area contributed by atoms with Gasteiger partial charge < -0.3 is 25.0 Å². The molecular weight excluding hydrogens is 672 g/mol. The predicted molar refractivity (Wildman–Crippen MR) is 175 cm³/mol. The first-order valence-electron chi connectivity index (χ1n) is 18.2. The summed E-state index contributed by atoms with van der Waals surface area (Å²) in [5.74, 6) is -3.20. The number of nitrogens with zero attached hydrogens (tertiary/aromatic N) is 4. The fraction of sp³-hybridized carbons (Fsp3) is 0.667. The number of amides is 3. The number of anilines is 1. The van der Waals surface area contributed by atoms with Gasteiger partial charge in [-0.2, -0.15) is 18.3 Å². The molecule has 4 aliphatic heterocycles. The number of halogens is 4. The summed E-state index contributed by atoms with van der Waals surface area (Å²) in [6.45, 7) is 2.16. The molecule has 2 N–H and O–H groups in total. The molecule has 5 heterocycles. The zero-order valence-corrected chi connectivity index (χ0v) is 28.6. The first-order valence-corrected chi connectivity index (χ1v) is 18.2. The number of benzene rings is 1. The zero-order valence-electron chi connectivity index (χ0n) is 28.6. The zero-order chi connectivity index (χ0) is 35.7. The van der Waals surface area contributed by atoms with Crippen molar-refractivity contribution in [2.24, 2.45) is 30.7 Å². The number of carbonyl (C=O) groups excluding carboxylic acids is 3. The topological polar surface area (TPSA) is 118 Å². The highest BCUT2D eigenvalue weighted by Crippen LogP contribution is 2.52. The number of piperidine rings is 2. The Morgan fingerprint density at radius 3 is 2.35 bits per heavy atom. The van der Waals surface area contributed by atoms with Gasteiger partial charge in [-0.05, 0) is 74.8 Å². The molecule has 0 bridgehead atoms. The van der Waals surface area contributed by atoms with Gasteiger partial charge in [-0.15, -0.1) is 0 Å². The van der Waals surface area contributed by atoms with Gasteiger partial charge in [0.2, 0.25) is 11.8 Å². The van der Waals surface area contributed by atoms with Crippen LogP contribution in [-0.2, 0) is 21.4 Å². The van der Waals surface area contributed by atoms with Crippen LogP contribution in [0.25, 0.3) is 0 Å². The number of fused-ring (bicyclic) bond motifs is 1. The molecule has 1 spiro atoms. The molecule has 15 heteroatoms. The summed E-state index contributed by atoms with van der Waals surface area (Å²) < 4.78 is 71.5. The molecule has 1 aromatic heterocycles. The molecular formula is C36H44F4N6O5. The van der Waals surface area contributed by atoms with E-state index in [1.807, 2.05) is 0 Å². The lowest BCUT2D eigenvalue weighted by Gasteiger charge is -2.51. The lowest BCUT2D eigenvalue weighted by Crippen LogP contribution is -2.58. The van der Waals surface area contributed by atoms with Gasteiger partial charge in [0.05, 0.1) is 36.9 Å². The minimum Gasteiger partial charge on any atom is -0.487 e. The summed E-state index contributed by atoms with van der Waals surface area (Å²) in [5, 5.41) is 9.75. The maximum Gasteiger partial charge on any atom is 0.393 e. The SMILES string of the molecule is Cn1nccc1C(=O)N[C@H](C(=O)Nc1cc2c(cc1F)C(N1CC(C(F)(F)F)CCC1=O)CC1(CCN(C3COC3)CC1)O2)C(C1CC1)C1CC1. The Kier molecular flexibility index (Phi) is 8.79. The van der Waals surface area contributed by atoms with Crippen LogP contribution in [-0.4, -0.2) is 94.0 Å². The second-order valence-electron chi connectivity index (χ2n) is 15.5. The molecule has 5 fully saturated rings. The van der Waals surface area contributed by atoms with Crippen LogP contribution < -0.4 is 15.4 Å². The number of aromatic nitrogens is 2. The minimum atomic E-state index is -4.47. The van der Waals surface area contributed by atoms with Crippen LogP contribution >= 0.6 is 0 Å². The van der Waals surface area contributed by atoms with Gasteiger partial charge >= 0.3 is 6.18 Å². The summed E-state index contributed by atoms with van der Waals surface area (Å²) in [5.41, 5.74) is -0.371. The second kappa shape index (κ2) is 13.0. The van der Waals surface area contributed by atoms with Gasteiger partial charge in [0.1, 0.15) is 28.9 Å². The average Bonchev–Trinajstić information content (AvgIpc) is 4.01. The molecule has 0 radical (unpaired) electrons. The molecule has 6 aliphatic rings. The van der Waals surface area contributed by atoms with Gasteiger partial charge in [0, 0.05) is 57.4 Å². The van der Waals surface area contributed by atoms with E-state index in [4.69, 9.17) is 9.47 Å². The van der Waals surface area contributed by atoms with Crippen molar-refractivity contribution >= 4 is 23.4 Å². The Morgan fingerprint density at radius 1 is 1.06 bits per heavy atom. The largest absolute Gasteiger partial charge is 0.487 e. The standard InChI is InChI=1S/C36H44F4N6O5/c1-44-27(8-11-41-44)33(48)43-32(31(20-2-3-20)21-4-5-21)34(49)42-26-15-29-24(14-25(26)37)28(46-17-22(36(38,39)40)6-7-30(46)47)16-35(51-29)9-12-45(13-10-35)23-18-50-19-23/h8,11,14-15,20-23,28,31-32H,2-7,9-10,12-13,16-19H2,1H3,(H,42,49)(H,43,48)/t22?,28?,32-/m0/s1. The van der Waals surface area contributed by atoms with Crippen LogP contribution in [0.4, 0.5) is 23.2 Å². The second-order valence-corrected chi connectivity index (χ2v) is 15.5.